The average molecular weight is 452 g/mol. The highest BCUT2D eigenvalue weighted by Gasteiger charge is 2.29. The Bertz CT molecular complexity index is 1200. The number of nitrogens with one attached hydrogen (secondary N) is 2. The van der Waals surface area contributed by atoms with Crippen LogP contribution in [0.2, 0.25) is 0 Å². The molecule has 166 valence electrons. The van der Waals surface area contributed by atoms with Gasteiger partial charge in [0.2, 0.25) is 0 Å². The van der Waals surface area contributed by atoms with Gasteiger partial charge in [-0.25, -0.2) is 13.2 Å². The molecule has 0 fully saturated rings. The molecule has 1 aliphatic rings. The fourth-order valence-corrected chi connectivity index (χ4v) is 5.27. The number of benzene rings is 3. The molecule has 0 atom stereocenters. The van der Waals surface area contributed by atoms with Gasteiger partial charge in [-0.3, -0.25) is 4.31 Å². The predicted octanol–water partition coefficient (Wildman–Crippen LogP) is 4.16. The summed E-state index contributed by atoms with van der Waals surface area (Å²) in [6.07, 6.45) is 1.46. The normalized spacial score (nSPS) is 13.2. The third-order valence-corrected chi connectivity index (χ3v) is 7.18. The summed E-state index contributed by atoms with van der Waals surface area (Å²) >= 11 is 0. The second kappa shape index (κ2) is 9.32. The van der Waals surface area contributed by atoms with Crippen molar-refractivity contribution >= 4 is 27.4 Å². The minimum atomic E-state index is -3.63. The first-order valence-corrected chi connectivity index (χ1v) is 11.8. The Balaban J connectivity index is 1.44. The number of aryl methyl sites for hydroxylation is 1. The van der Waals surface area contributed by atoms with Gasteiger partial charge in [0.15, 0.2) is 0 Å². The van der Waals surface area contributed by atoms with Gasteiger partial charge >= 0.3 is 6.03 Å². The lowest BCUT2D eigenvalue weighted by Crippen LogP contribution is -2.35. The number of fused-ring (bicyclic) bond motifs is 1. The van der Waals surface area contributed by atoms with Crippen LogP contribution in [0.5, 0.6) is 5.75 Å². The predicted molar refractivity (Wildman–Crippen MR) is 125 cm³/mol. The zero-order valence-corrected chi connectivity index (χ0v) is 18.6. The molecule has 1 heterocycles. The van der Waals surface area contributed by atoms with Crippen molar-refractivity contribution in [1.82, 2.24) is 5.32 Å². The van der Waals surface area contributed by atoms with Crippen molar-refractivity contribution in [2.24, 2.45) is 0 Å². The summed E-state index contributed by atoms with van der Waals surface area (Å²) in [5.41, 5.74) is 3.12. The number of ether oxygens (including phenoxy) is 1. The third-order valence-electron chi connectivity index (χ3n) is 5.36. The molecule has 7 nitrogen and oxygen atoms in total. The lowest BCUT2D eigenvalue weighted by Gasteiger charge is -2.30. The first kappa shape index (κ1) is 21.7. The Labute approximate surface area is 188 Å². The number of amides is 2. The summed E-state index contributed by atoms with van der Waals surface area (Å²) in [4.78, 5) is 12.6. The van der Waals surface area contributed by atoms with Gasteiger partial charge in [-0.1, -0.05) is 30.3 Å². The number of anilines is 2. The number of nitrogens with zero attached hydrogens (tertiary/aromatic N) is 1. The van der Waals surface area contributed by atoms with Crippen LogP contribution in [0.3, 0.4) is 0 Å². The molecule has 0 aliphatic carbocycles. The number of rotatable bonds is 6. The van der Waals surface area contributed by atoms with Crippen LogP contribution in [0.25, 0.3) is 0 Å². The van der Waals surface area contributed by atoms with Gasteiger partial charge in [0.25, 0.3) is 10.0 Å². The average Bonchev–Trinajstić information content (AvgIpc) is 2.83. The van der Waals surface area contributed by atoms with Crippen LogP contribution in [0.4, 0.5) is 16.2 Å². The number of carbonyl (C=O) groups excluding carboxylic acids is 1. The maximum absolute atomic E-state index is 13.1. The second-order valence-corrected chi connectivity index (χ2v) is 9.36. The molecular weight excluding hydrogens is 426 g/mol. The molecule has 3 aromatic rings. The Morgan fingerprint density at radius 3 is 2.50 bits per heavy atom. The van der Waals surface area contributed by atoms with Crippen LogP contribution in [-0.2, 0) is 23.0 Å². The summed E-state index contributed by atoms with van der Waals surface area (Å²) in [6, 6.07) is 20.9. The van der Waals surface area contributed by atoms with Gasteiger partial charge in [-0.2, -0.15) is 0 Å². The van der Waals surface area contributed by atoms with Crippen LogP contribution in [0, 0.1) is 0 Å². The molecule has 0 spiro atoms. The molecule has 0 unspecified atom stereocenters. The summed E-state index contributed by atoms with van der Waals surface area (Å²) in [6.45, 7) is 0.809. The van der Waals surface area contributed by atoms with Gasteiger partial charge in [-0.15, -0.1) is 0 Å². The SMILES string of the molecule is COc1ccc(CNC(=O)Nc2ccc3c(c2)CCCN3S(=O)(=O)c2ccccc2)cc1. The maximum Gasteiger partial charge on any atom is 0.319 e. The van der Waals surface area contributed by atoms with Crippen molar-refractivity contribution in [3.63, 3.8) is 0 Å². The van der Waals surface area contributed by atoms with Gasteiger partial charge in [0.1, 0.15) is 5.75 Å². The highest BCUT2D eigenvalue weighted by molar-refractivity contribution is 7.92. The van der Waals surface area contributed by atoms with Crippen LogP contribution >= 0.6 is 0 Å². The van der Waals surface area contributed by atoms with Crippen LogP contribution in [0.15, 0.2) is 77.7 Å². The second-order valence-electron chi connectivity index (χ2n) is 7.49. The zero-order valence-electron chi connectivity index (χ0n) is 17.7. The Kier molecular flexibility index (Phi) is 6.32. The summed E-state index contributed by atoms with van der Waals surface area (Å²) < 4.78 is 32.8. The fourth-order valence-electron chi connectivity index (χ4n) is 3.71. The van der Waals surface area contributed by atoms with Crippen LogP contribution in [0.1, 0.15) is 17.5 Å². The monoisotopic (exact) mass is 451 g/mol. The molecule has 0 saturated carbocycles. The summed E-state index contributed by atoms with van der Waals surface area (Å²) in [7, 11) is -2.02. The van der Waals surface area contributed by atoms with E-state index in [-0.39, 0.29) is 10.9 Å². The van der Waals surface area contributed by atoms with Crippen LogP contribution < -0.4 is 19.7 Å². The Morgan fingerprint density at radius 2 is 1.78 bits per heavy atom. The van der Waals surface area contributed by atoms with E-state index in [1.54, 1.807) is 49.6 Å². The minimum Gasteiger partial charge on any atom is -0.497 e. The maximum atomic E-state index is 13.1. The van der Waals surface area contributed by atoms with E-state index in [0.717, 1.165) is 23.3 Å². The molecule has 8 heteroatoms. The molecule has 32 heavy (non-hydrogen) atoms. The van der Waals surface area contributed by atoms with Crippen molar-refractivity contribution in [1.29, 1.82) is 0 Å². The lowest BCUT2D eigenvalue weighted by atomic mass is 10.0. The van der Waals surface area contributed by atoms with E-state index < -0.39 is 10.0 Å². The summed E-state index contributed by atoms with van der Waals surface area (Å²) in [5, 5.41) is 5.65. The smallest absolute Gasteiger partial charge is 0.319 e. The Hall–Kier alpha value is -3.52. The third kappa shape index (κ3) is 4.70. The molecule has 0 saturated heterocycles. The number of urea groups is 1. The lowest BCUT2D eigenvalue weighted by molar-refractivity contribution is 0.251. The van der Waals surface area contributed by atoms with E-state index in [0.29, 0.717) is 30.9 Å². The van der Waals surface area contributed by atoms with E-state index in [1.807, 2.05) is 30.3 Å². The van der Waals surface area contributed by atoms with E-state index in [4.69, 9.17) is 4.74 Å². The van der Waals surface area contributed by atoms with E-state index >= 15 is 0 Å². The first-order chi connectivity index (χ1) is 15.5. The molecule has 0 radical (unpaired) electrons. The molecule has 0 aromatic heterocycles. The quantitative estimate of drug-likeness (QED) is 0.589. The van der Waals surface area contributed by atoms with Crippen molar-refractivity contribution in [2.75, 3.05) is 23.3 Å². The van der Waals surface area contributed by atoms with E-state index in [2.05, 4.69) is 10.6 Å². The van der Waals surface area contributed by atoms with Crippen molar-refractivity contribution in [3.05, 3.63) is 83.9 Å². The van der Waals surface area contributed by atoms with Gasteiger partial charge in [0.05, 0.1) is 17.7 Å². The van der Waals surface area contributed by atoms with E-state index in [9.17, 15) is 13.2 Å². The number of hydrogen-bond acceptors (Lipinski definition) is 4. The van der Waals surface area contributed by atoms with Crippen molar-refractivity contribution in [2.45, 2.75) is 24.3 Å². The molecular formula is C24H25N3O4S. The highest BCUT2D eigenvalue weighted by atomic mass is 32.2. The van der Waals surface area contributed by atoms with Gasteiger partial charge in [-0.05, 0) is 66.4 Å². The number of carbonyl (C=O) groups is 1. The minimum absolute atomic E-state index is 0.271. The summed E-state index contributed by atoms with van der Waals surface area (Å²) in [5.74, 6) is 0.760. The molecule has 3 aromatic carbocycles. The van der Waals surface area contributed by atoms with Crippen molar-refractivity contribution in [3.8, 4) is 5.75 Å². The number of sulfonamides is 1. The standard InChI is InChI=1S/C24H25N3O4S/c1-31-21-12-9-18(10-13-21)17-25-24(28)26-20-11-14-23-19(16-20)6-5-15-27(23)32(29,30)22-7-3-2-4-8-22/h2-4,7-14,16H,5-6,15,17H2,1H3,(H2,25,26,28). The number of methoxy groups -OCH3 is 1. The first-order valence-electron chi connectivity index (χ1n) is 10.4. The van der Waals surface area contributed by atoms with Crippen molar-refractivity contribution < 1.29 is 17.9 Å². The largest absolute Gasteiger partial charge is 0.497 e. The zero-order chi connectivity index (χ0) is 22.6. The molecule has 1 aliphatic heterocycles. The Morgan fingerprint density at radius 1 is 1.03 bits per heavy atom. The fraction of sp³-hybridized carbons (Fsp3) is 0.208. The molecule has 4 rings (SSSR count). The highest BCUT2D eigenvalue weighted by Crippen LogP contribution is 2.33. The molecule has 2 N–H and O–H groups in total. The van der Waals surface area contributed by atoms with Gasteiger partial charge < -0.3 is 15.4 Å². The topological polar surface area (TPSA) is 87.7 Å². The number of hydrogen-bond donors (Lipinski definition) is 2. The van der Waals surface area contributed by atoms with Crippen LogP contribution in [-0.4, -0.2) is 28.1 Å². The van der Waals surface area contributed by atoms with E-state index in [1.165, 1.54) is 4.31 Å². The molecule has 0 bridgehead atoms. The molecule has 2 amide bonds. The van der Waals surface area contributed by atoms with Gasteiger partial charge in [0, 0.05) is 18.8 Å².